The van der Waals surface area contributed by atoms with E-state index in [1.165, 1.54) is 0 Å². The molecule has 0 aliphatic carbocycles. The highest BCUT2D eigenvalue weighted by Crippen LogP contribution is 2.34. The van der Waals surface area contributed by atoms with Gasteiger partial charge in [0.25, 0.3) is 0 Å². The summed E-state index contributed by atoms with van der Waals surface area (Å²) in [7, 11) is 0. The lowest BCUT2D eigenvalue weighted by molar-refractivity contribution is 0.111. The normalized spacial score (nSPS) is 11.1. The average molecular weight is 369 g/mol. The van der Waals surface area contributed by atoms with Crippen LogP contribution in [-0.2, 0) is 6.61 Å². The molecule has 0 spiro atoms. The molecule has 4 rings (SSSR count). The van der Waals surface area contributed by atoms with Crippen molar-refractivity contribution in [3.63, 3.8) is 0 Å². The van der Waals surface area contributed by atoms with Gasteiger partial charge in [-0.05, 0) is 52.9 Å². The molecule has 0 radical (unpaired) electrons. The second-order valence-electron chi connectivity index (χ2n) is 7.24. The van der Waals surface area contributed by atoms with E-state index < -0.39 is 0 Å². The summed E-state index contributed by atoms with van der Waals surface area (Å²) in [6.07, 6.45) is 2.85. The molecule has 2 aromatic carbocycles. The minimum atomic E-state index is 0.308. The Hall–Kier alpha value is -3.33. The number of fused-ring (bicyclic) bond motifs is 1. The van der Waals surface area contributed by atoms with Gasteiger partial charge in [0.05, 0.1) is 5.69 Å². The number of pyridine rings is 1. The highest BCUT2D eigenvalue weighted by molar-refractivity contribution is 5.90. The molecule has 0 saturated heterocycles. The lowest BCUT2D eigenvalue weighted by Gasteiger charge is -2.16. The number of ether oxygens (including phenoxy) is 1. The van der Waals surface area contributed by atoms with E-state index in [9.17, 15) is 4.79 Å². The van der Waals surface area contributed by atoms with E-state index in [1.807, 2.05) is 59.1 Å². The molecular formula is C25H23NO2. The molecule has 2 aromatic heterocycles. The number of aromatic nitrogens is 1. The van der Waals surface area contributed by atoms with Gasteiger partial charge in [-0.3, -0.25) is 4.79 Å². The Morgan fingerprint density at radius 2 is 1.75 bits per heavy atom. The highest BCUT2D eigenvalue weighted by atomic mass is 16.5. The lowest BCUT2D eigenvalue weighted by atomic mass is 9.96. The predicted molar refractivity (Wildman–Crippen MR) is 113 cm³/mol. The number of aldehydes is 1. The number of nitrogens with zero attached hydrogens (tertiary/aromatic N) is 1. The van der Waals surface area contributed by atoms with E-state index in [0.29, 0.717) is 18.2 Å². The Balaban J connectivity index is 1.72. The zero-order valence-corrected chi connectivity index (χ0v) is 16.1. The maximum atomic E-state index is 11.8. The molecule has 140 valence electrons. The summed E-state index contributed by atoms with van der Waals surface area (Å²) in [5.41, 5.74) is 5.93. The Bertz CT molecular complexity index is 1110. The van der Waals surface area contributed by atoms with Crippen molar-refractivity contribution in [1.82, 2.24) is 4.40 Å². The van der Waals surface area contributed by atoms with Gasteiger partial charge in [-0.2, -0.15) is 0 Å². The van der Waals surface area contributed by atoms with Crippen LogP contribution in [0.4, 0.5) is 0 Å². The molecule has 0 fully saturated rings. The molecule has 0 atom stereocenters. The number of hydrogen-bond acceptors (Lipinski definition) is 2. The molecular weight excluding hydrogens is 346 g/mol. The van der Waals surface area contributed by atoms with Crippen molar-refractivity contribution >= 4 is 11.8 Å². The van der Waals surface area contributed by atoms with Gasteiger partial charge in [-0.1, -0.05) is 56.3 Å². The van der Waals surface area contributed by atoms with E-state index >= 15 is 0 Å². The van der Waals surface area contributed by atoms with Crippen molar-refractivity contribution in [3.05, 3.63) is 95.8 Å². The van der Waals surface area contributed by atoms with Gasteiger partial charge in [-0.25, -0.2) is 0 Å². The van der Waals surface area contributed by atoms with Gasteiger partial charge < -0.3 is 9.14 Å². The summed E-state index contributed by atoms with van der Waals surface area (Å²) < 4.78 is 8.04. The van der Waals surface area contributed by atoms with Crippen molar-refractivity contribution in [2.45, 2.75) is 26.4 Å². The Labute approximate surface area is 165 Å². The molecule has 3 nitrogen and oxygen atoms in total. The Morgan fingerprint density at radius 1 is 0.964 bits per heavy atom. The van der Waals surface area contributed by atoms with E-state index in [-0.39, 0.29) is 0 Å². The van der Waals surface area contributed by atoms with Gasteiger partial charge in [-0.15, -0.1) is 0 Å². The summed E-state index contributed by atoms with van der Waals surface area (Å²) in [6, 6.07) is 24.4. The average Bonchev–Trinajstić information content (AvgIpc) is 3.11. The number of carbonyl (C=O) groups excluding carboxylic acids is 1. The smallest absolute Gasteiger partial charge is 0.167 e. The van der Waals surface area contributed by atoms with Gasteiger partial charge in [0.2, 0.25) is 0 Å². The molecule has 0 N–H and O–H groups in total. The third-order valence-electron chi connectivity index (χ3n) is 5.01. The number of hydrogen-bond donors (Lipinski definition) is 0. The standard InChI is InChI=1S/C25H23NO2/c1-18(2)22-14-20(11-12-25(22)28-17-19-8-4-3-5-9-19)23-15-21-10-6-7-13-26(21)24(23)16-27/h3-16,18H,17H2,1-2H3. The maximum absolute atomic E-state index is 11.8. The fraction of sp³-hybridized carbons (Fsp3) is 0.160. The summed E-state index contributed by atoms with van der Waals surface area (Å²) in [6.45, 7) is 4.85. The molecule has 2 heterocycles. The third kappa shape index (κ3) is 3.44. The van der Waals surface area contributed by atoms with E-state index in [0.717, 1.165) is 39.8 Å². The van der Waals surface area contributed by atoms with Gasteiger partial charge in [0, 0.05) is 17.3 Å². The first kappa shape index (κ1) is 18.1. The first-order chi connectivity index (χ1) is 13.7. The monoisotopic (exact) mass is 369 g/mol. The van der Waals surface area contributed by atoms with Crippen LogP contribution in [0.2, 0.25) is 0 Å². The molecule has 0 unspecified atom stereocenters. The fourth-order valence-electron chi connectivity index (χ4n) is 3.53. The van der Waals surface area contributed by atoms with Crippen LogP contribution in [0.15, 0.2) is 79.0 Å². The van der Waals surface area contributed by atoms with Gasteiger partial charge in [0.15, 0.2) is 6.29 Å². The Kier molecular flexibility index (Phi) is 4.98. The second kappa shape index (κ2) is 7.73. The zero-order chi connectivity index (χ0) is 19.5. The van der Waals surface area contributed by atoms with E-state index in [4.69, 9.17) is 4.74 Å². The quantitative estimate of drug-likeness (QED) is 0.383. The van der Waals surface area contributed by atoms with Crippen LogP contribution >= 0.6 is 0 Å². The van der Waals surface area contributed by atoms with Crippen LogP contribution < -0.4 is 4.74 Å². The molecule has 28 heavy (non-hydrogen) atoms. The van der Waals surface area contributed by atoms with Crippen LogP contribution in [0, 0.1) is 0 Å². The third-order valence-corrected chi connectivity index (χ3v) is 5.01. The van der Waals surface area contributed by atoms with Crippen LogP contribution in [0.3, 0.4) is 0 Å². The molecule has 0 amide bonds. The summed E-state index contributed by atoms with van der Waals surface area (Å²) >= 11 is 0. The number of benzene rings is 2. The minimum Gasteiger partial charge on any atom is -0.489 e. The van der Waals surface area contributed by atoms with Crippen LogP contribution in [0.5, 0.6) is 5.75 Å². The lowest BCUT2D eigenvalue weighted by Crippen LogP contribution is -2.00. The van der Waals surface area contributed by atoms with Gasteiger partial charge >= 0.3 is 0 Å². The minimum absolute atomic E-state index is 0.308. The zero-order valence-electron chi connectivity index (χ0n) is 16.1. The predicted octanol–water partition coefficient (Wildman–Crippen LogP) is 6.12. The van der Waals surface area contributed by atoms with Crippen molar-refractivity contribution in [2.24, 2.45) is 0 Å². The first-order valence-corrected chi connectivity index (χ1v) is 9.53. The van der Waals surface area contributed by atoms with Crippen LogP contribution in [0.1, 0.15) is 41.4 Å². The van der Waals surface area contributed by atoms with Crippen LogP contribution in [-0.4, -0.2) is 10.7 Å². The van der Waals surface area contributed by atoms with Crippen molar-refractivity contribution in [2.75, 3.05) is 0 Å². The highest BCUT2D eigenvalue weighted by Gasteiger charge is 2.15. The molecule has 0 bridgehead atoms. The van der Waals surface area contributed by atoms with Gasteiger partial charge in [0.1, 0.15) is 12.4 Å². The Morgan fingerprint density at radius 3 is 2.50 bits per heavy atom. The summed E-state index contributed by atoms with van der Waals surface area (Å²) in [5, 5.41) is 0. The number of carbonyl (C=O) groups is 1. The summed E-state index contributed by atoms with van der Waals surface area (Å²) in [5.74, 6) is 1.20. The molecule has 4 aromatic rings. The maximum Gasteiger partial charge on any atom is 0.167 e. The molecule has 3 heteroatoms. The van der Waals surface area contributed by atoms with Crippen molar-refractivity contribution < 1.29 is 9.53 Å². The SMILES string of the molecule is CC(C)c1cc(-c2cc3ccccn3c2C=O)ccc1OCc1ccccc1. The van der Waals surface area contributed by atoms with E-state index in [1.54, 1.807) is 0 Å². The summed E-state index contributed by atoms with van der Waals surface area (Å²) in [4.78, 5) is 11.8. The van der Waals surface area contributed by atoms with Crippen molar-refractivity contribution in [1.29, 1.82) is 0 Å². The molecule has 0 aliphatic heterocycles. The number of rotatable bonds is 6. The molecule has 0 saturated carbocycles. The largest absolute Gasteiger partial charge is 0.489 e. The van der Waals surface area contributed by atoms with Crippen LogP contribution in [0.25, 0.3) is 16.6 Å². The van der Waals surface area contributed by atoms with Crippen molar-refractivity contribution in [3.8, 4) is 16.9 Å². The fourth-order valence-corrected chi connectivity index (χ4v) is 3.53. The second-order valence-corrected chi connectivity index (χ2v) is 7.24. The first-order valence-electron chi connectivity index (χ1n) is 9.53. The van der Waals surface area contributed by atoms with E-state index in [2.05, 4.69) is 38.1 Å². The molecule has 0 aliphatic rings. The topological polar surface area (TPSA) is 30.7 Å².